The maximum absolute atomic E-state index is 4.69. The van der Waals surface area contributed by atoms with Crippen molar-refractivity contribution in [2.45, 2.75) is 32.6 Å². The summed E-state index contributed by atoms with van der Waals surface area (Å²) >= 11 is 0. The summed E-state index contributed by atoms with van der Waals surface area (Å²) in [5.74, 6) is 2.26. The van der Waals surface area contributed by atoms with Crippen LogP contribution in [-0.4, -0.2) is 20.2 Å². The van der Waals surface area contributed by atoms with Crippen molar-refractivity contribution in [3.8, 4) is 11.4 Å². The van der Waals surface area contributed by atoms with Gasteiger partial charge in [-0.15, -0.1) is 0 Å². The Hall–Kier alpha value is -1.58. The Labute approximate surface area is 94.5 Å². The number of nitrogens with zero attached hydrogens (tertiary/aromatic N) is 2. The number of nitrogens with one attached hydrogen (secondary N) is 2. The molecule has 0 bridgehead atoms. The van der Waals surface area contributed by atoms with E-state index in [1.165, 1.54) is 17.8 Å². The van der Waals surface area contributed by atoms with Crippen LogP contribution < -0.4 is 0 Å². The highest BCUT2D eigenvalue weighted by molar-refractivity contribution is 5.53. The van der Waals surface area contributed by atoms with Crippen LogP contribution in [0.25, 0.3) is 11.4 Å². The number of imidazole rings is 1. The largest absolute Gasteiger partial charge is 0.342 e. The van der Waals surface area contributed by atoms with Gasteiger partial charge in [-0.2, -0.15) is 5.10 Å². The SMILES string of the molecule is CC1Cc2[nH]c(-c3cn[nH]c3)nc2C(C)C1. The first-order valence-corrected chi connectivity index (χ1v) is 5.82. The quantitative estimate of drug-likeness (QED) is 0.769. The van der Waals surface area contributed by atoms with Crippen LogP contribution >= 0.6 is 0 Å². The van der Waals surface area contributed by atoms with Crippen LogP contribution in [0.4, 0.5) is 0 Å². The van der Waals surface area contributed by atoms with E-state index in [-0.39, 0.29) is 0 Å². The molecular weight excluding hydrogens is 200 g/mol. The number of hydrogen-bond acceptors (Lipinski definition) is 2. The summed E-state index contributed by atoms with van der Waals surface area (Å²) in [5, 5.41) is 6.77. The normalized spacial score (nSPS) is 24.4. The van der Waals surface area contributed by atoms with E-state index in [2.05, 4.69) is 29.0 Å². The maximum atomic E-state index is 4.69. The lowest BCUT2D eigenvalue weighted by molar-refractivity contribution is 0.440. The Balaban J connectivity index is 2.03. The minimum Gasteiger partial charge on any atom is -0.342 e. The third kappa shape index (κ3) is 1.45. The lowest BCUT2D eigenvalue weighted by Gasteiger charge is -2.22. The molecule has 2 heterocycles. The number of H-pyrrole nitrogens is 2. The first-order valence-electron chi connectivity index (χ1n) is 5.82. The van der Waals surface area contributed by atoms with Crippen LogP contribution in [0.15, 0.2) is 12.4 Å². The van der Waals surface area contributed by atoms with Crippen LogP contribution in [0.2, 0.25) is 0 Å². The molecule has 0 saturated carbocycles. The molecule has 0 fully saturated rings. The fraction of sp³-hybridized carbons (Fsp3) is 0.500. The average Bonchev–Trinajstić information content (AvgIpc) is 2.82. The standard InChI is InChI=1S/C12H16N4/c1-7-3-8(2)11-10(4-7)15-12(16-11)9-5-13-14-6-9/h5-8H,3-4H2,1-2H3,(H,13,14)(H,15,16). The Morgan fingerprint density at radius 1 is 1.38 bits per heavy atom. The lowest BCUT2D eigenvalue weighted by Crippen LogP contribution is -2.14. The molecule has 1 aliphatic carbocycles. The number of fused-ring (bicyclic) bond motifs is 1. The molecular formula is C12H16N4. The Morgan fingerprint density at radius 2 is 2.25 bits per heavy atom. The first kappa shape index (κ1) is 9.63. The van der Waals surface area contributed by atoms with Gasteiger partial charge in [0.25, 0.3) is 0 Å². The second kappa shape index (κ2) is 3.47. The summed E-state index contributed by atoms with van der Waals surface area (Å²) < 4.78 is 0. The molecule has 2 atom stereocenters. The highest BCUT2D eigenvalue weighted by Gasteiger charge is 2.25. The zero-order valence-corrected chi connectivity index (χ0v) is 9.62. The molecule has 84 valence electrons. The molecule has 2 unspecified atom stereocenters. The molecule has 2 aromatic heterocycles. The highest BCUT2D eigenvalue weighted by Crippen LogP contribution is 2.34. The van der Waals surface area contributed by atoms with E-state index >= 15 is 0 Å². The molecule has 0 saturated heterocycles. The van der Waals surface area contributed by atoms with Crippen molar-refractivity contribution >= 4 is 0 Å². The van der Waals surface area contributed by atoms with Gasteiger partial charge in [-0.1, -0.05) is 13.8 Å². The lowest BCUT2D eigenvalue weighted by atomic mass is 9.84. The van der Waals surface area contributed by atoms with Crippen LogP contribution in [0, 0.1) is 5.92 Å². The third-order valence-electron chi connectivity index (χ3n) is 3.36. The Bertz CT molecular complexity index is 483. The van der Waals surface area contributed by atoms with Gasteiger partial charge in [0.15, 0.2) is 0 Å². The van der Waals surface area contributed by atoms with E-state index in [9.17, 15) is 0 Å². The van der Waals surface area contributed by atoms with E-state index in [0.717, 1.165) is 23.7 Å². The average molecular weight is 216 g/mol. The van der Waals surface area contributed by atoms with Gasteiger partial charge in [-0.3, -0.25) is 5.10 Å². The molecule has 0 aliphatic heterocycles. The number of aromatic nitrogens is 4. The van der Waals surface area contributed by atoms with Gasteiger partial charge in [-0.05, 0) is 18.8 Å². The van der Waals surface area contributed by atoms with Gasteiger partial charge in [0.2, 0.25) is 0 Å². The van der Waals surface area contributed by atoms with Crippen molar-refractivity contribution < 1.29 is 0 Å². The summed E-state index contributed by atoms with van der Waals surface area (Å²) in [6, 6.07) is 0. The smallest absolute Gasteiger partial charge is 0.141 e. The monoisotopic (exact) mass is 216 g/mol. The third-order valence-corrected chi connectivity index (χ3v) is 3.36. The van der Waals surface area contributed by atoms with Gasteiger partial charge in [0.05, 0.1) is 17.5 Å². The summed E-state index contributed by atoms with van der Waals surface area (Å²) in [6.07, 6.45) is 6.03. The fourth-order valence-corrected chi connectivity index (χ4v) is 2.65. The van der Waals surface area contributed by atoms with Crippen molar-refractivity contribution in [1.29, 1.82) is 0 Å². The van der Waals surface area contributed by atoms with E-state index in [1.54, 1.807) is 6.20 Å². The molecule has 1 aliphatic rings. The predicted molar refractivity (Wildman–Crippen MR) is 62.1 cm³/mol. The summed E-state index contributed by atoms with van der Waals surface area (Å²) in [6.45, 7) is 4.56. The molecule has 2 aromatic rings. The zero-order chi connectivity index (χ0) is 11.1. The molecule has 4 nitrogen and oxygen atoms in total. The van der Waals surface area contributed by atoms with Crippen molar-refractivity contribution in [1.82, 2.24) is 20.2 Å². The molecule has 0 aromatic carbocycles. The second-order valence-corrected chi connectivity index (χ2v) is 4.88. The van der Waals surface area contributed by atoms with E-state index in [4.69, 9.17) is 4.98 Å². The number of aromatic amines is 2. The van der Waals surface area contributed by atoms with Crippen LogP contribution in [0.3, 0.4) is 0 Å². The fourth-order valence-electron chi connectivity index (χ4n) is 2.65. The van der Waals surface area contributed by atoms with Crippen molar-refractivity contribution in [3.05, 3.63) is 23.8 Å². The van der Waals surface area contributed by atoms with Gasteiger partial charge in [-0.25, -0.2) is 4.98 Å². The summed E-state index contributed by atoms with van der Waals surface area (Å²) in [5.41, 5.74) is 3.59. The Morgan fingerprint density at radius 3 is 3.00 bits per heavy atom. The maximum Gasteiger partial charge on any atom is 0.141 e. The van der Waals surface area contributed by atoms with Crippen LogP contribution in [0.5, 0.6) is 0 Å². The second-order valence-electron chi connectivity index (χ2n) is 4.88. The topological polar surface area (TPSA) is 57.4 Å². The van der Waals surface area contributed by atoms with Crippen molar-refractivity contribution in [2.24, 2.45) is 5.92 Å². The summed E-state index contributed by atoms with van der Waals surface area (Å²) in [4.78, 5) is 8.12. The molecule has 0 amide bonds. The molecule has 3 rings (SSSR count). The van der Waals surface area contributed by atoms with E-state index in [0.29, 0.717) is 5.92 Å². The molecule has 2 N–H and O–H groups in total. The van der Waals surface area contributed by atoms with Crippen LogP contribution in [0.1, 0.15) is 37.6 Å². The minimum absolute atomic E-state index is 0.565. The number of hydrogen-bond donors (Lipinski definition) is 2. The summed E-state index contributed by atoms with van der Waals surface area (Å²) in [7, 11) is 0. The first-order chi connectivity index (χ1) is 7.74. The molecule has 16 heavy (non-hydrogen) atoms. The van der Waals surface area contributed by atoms with E-state index in [1.807, 2.05) is 6.20 Å². The van der Waals surface area contributed by atoms with E-state index < -0.39 is 0 Å². The van der Waals surface area contributed by atoms with Gasteiger partial charge in [0, 0.05) is 17.8 Å². The van der Waals surface area contributed by atoms with Crippen molar-refractivity contribution in [2.75, 3.05) is 0 Å². The van der Waals surface area contributed by atoms with Crippen LogP contribution in [-0.2, 0) is 6.42 Å². The zero-order valence-electron chi connectivity index (χ0n) is 9.62. The van der Waals surface area contributed by atoms with Crippen molar-refractivity contribution in [3.63, 3.8) is 0 Å². The molecule has 4 heteroatoms. The molecule has 0 radical (unpaired) electrons. The highest BCUT2D eigenvalue weighted by atomic mass is 15.1. The Kier molecular flexibility index (Phi) is 2.09. The minimum atomic E-state index is 0.565. The van der Waals surface area contributed by atoms with Gasteiger partial charge >= 0.3 is 0 Å². The van der Waals surface area contributed by atoms with Gasteiger partial charge < -0.3 is 4.98 Å². The van der Waals surface area contributed by atoms with Gasteiger partial charge in [0.1, 0.15) is 5.82 Å². The molecule has 0 spiro atoms. The number of rotatable bonds is 1. The predicted octanol–water partition coefficient (Wildman–Crippen LogP) is 2.49.